The summed E-state index contributed by atoms with van der Waals surface area (Å²) < 4.78 is 0. The van der Waals surface area contributed by atoms with E-state index >= 15 is 0 Å². The Kier molecular flexibility index (Phi) is 19.0. The molecule has 0 bridgehead atoms. The van der Waals surface area contributed by atoms with Gasteiger partial charge in [-0.25, -0.2) is 11.3 Å². The fourth-order valence-electron chi connectivity index (χ4n) is 0.813. The smallest absolute Gasteiger partial charge is 0.145 e. The molecule has 78 valence electrons. The second-order valence-corrected chi connectivity index (χ2v) is 8.99. The van der Waals surface area contributed by atoms with Gasteiger partial charge in [0, 0.05) is 26.2 Å². The first-order valence-corrected chi connectivity index (χ1v) is 7.08. The topological polar surface area (TPSA) is 0 Å². The zero-order valence-corrected chi connectivity index (χ0v) is 14.1. The Bertz CT molecular complexity index is 174. The molecule has 0 radical (unpaired) electrons. The van der Waals surface area contributed by atoms with Crippen molar-refractivity contribution in [3.05, 3.63) is 23.4 Å². The van der Waals surface area contributed by atoms with Gasteiger partial charge in [-0.1, -0.05) is 13.1 Å². The molecular weight excluding hydrogens is 345 g/mol. The molecule has 0 unspecified atom stereocenters. The van der Waals surface area contributed by atoms with Crippen molar-refractivity contribution in [1.29, 1.82) is 0 Å². The molecule has 0 heterocycles. The normalized spacial score (nSPS) is 12.7. The number of rotatable bonds is 1. The van der Waals surface area contributed by atoms with Crippen LogP contribution in [-0.2, 0) is 26.2 Å². The Morgan fingerprint density at radius 2 is 1.77 bits per heavy atom. The number of allylic oxidation sites excluding steroid dienone is 4. The molecule has 0 spiro atoms. The van der Waals surface area contributed by atoms with Crippen LogP contribution in [-0.4, -0.2) is 7.38 Å². The summed E-state index contributed by atoms with van der Waals surface area (Å²) in [4.78, 5) is 0. The summed E-state index contributed by atoms with van der Waals surface area (Å²) in [6.45, 7) is 4.24. The summed E-state index contributed by atoms with van der Waals surface area (Å²) in [5, 5.41) is 1.25. The van der Waals surface area contributed by atoms with E-state index < -0.39 is 7.38 Å². The molecule has 0 saturated heterocycles. The Labute approximate surface area is 124 Å². The number of halogens is 4. The SMILES string of the molecule is C[Si](C)(Cl)C1=[C-]CC=C1.Cl.Cl.Cl.[Zr]. The van der Waals surface area contributed by atoms with Crippen LogP contribution in [0.5, 0.6) is 0 Å². The standard InChI is InChI=1S/C7H10ClSi.3ClH.Zr/c1-9(2,8)7-5-3-4-6-7;;;;/h3,5H,4H2,1-2H3;3*1H;/q-1;;;;. The summed E-state index contributed by atoms with van der Waals surface area (Å²) in [5.74, 6) is 0. The Hall–Kier alpha value is 1.74. The molecule has 0 aliphatic heterocycles. The minimum Gasteiger partial charge on any atom is -0.272 e. The summed E-state index contributed by atoms with van der Waals surface area (Å²) in [5.41, 5.74) is 0. The van der Waals surface area contributed by atoms with E-state index in [1.165, 1.54) is 5.20 Å². The van der Waals surface area contributed by atoms with Gasteiger partial charge in [-0.2, -0.15) is 17.2 Å². The van der Waals surface area contributed by atoms with Gasteiger partial charge < -0.3 is 0 Å². The predicted octanol–water partition coefficient (Wildman–Crippen LogP) is 3.92. The van der Waals surface area contributed by atoms with Crippen molar-refractivity contribution >= 4 is 55.7 Å². The first-order valence-electron chi connectivity index (χ1n) is 3.07. The van der Waals surface area contributed by atoms with Crippen molar-refractivity contribution in [3.8, 4) is 0 Å². The van der Waals surface area contributed by atoms with Crippen LogP contribution in [0.4, 0.5) is 0 Å². The summed E-state index contributed by atoms with van der Waals surface area (Å²) >= 11 is 6.13. The monoisotopic (exact) mass is 355 g/mol. The van der Waals surface area contributed by atoms with Crippen molar-refractivity contribution in [2.45, 2.75) is 19.5 Å². The number of hydrogen-bond acceptors (Lipinski definition) is 0. The third kappa shape index (κ3) is 8.72. The first-order chi connectivity index (χ1) is 4.11. The van der Waals surface area contributed by atoms with Crippen LogP contribution >= 0.6 is 48.3 Å². The molecule has 0 aromatic rings. The average Bonchev–Trinajstić information content (AvgIpc) is 2.08. The first kappa shape index (κ1) is 24.1. The van der Waals surface area contributed by atoms with E-state index in [0.717, 1.165) is 6.42 Å². The molecular formula is C7H13Cl4SiZr-. The molecule has 0 N–H and O–H groups in total. The van der Waals surface area contributed by atoms with Crippen molar-refractivity contribution in [3.63, 3.8) is 0 Å². The molecule has 0 aromatic carbocycles. The molecule has 0 atom stereocenters. The third-order valence-electron chi connectivity index (χ3n) is 1.34. The predicted molar refractivity (Wildman–Crippen MR) is 65.6 cm³/mol. The van der Waals surface area contributed by atoms with E-state index in [9.17, 15) is 0 Å². The maximum atomic E-state index is 6.13. The molecule has 0 fully saturated rings. The van der Waals surface area contributed by atoms with Crippen molar-refractivity contribution < 1.29 is 26.2 Å². The molecule has 1 rings (SSSR count). The Balaban J connectivity index is -0.000000101. The summed E-state index contributed by atoms with van der Waals surface area (Å²) in [6.07, 6.45) is 8.39. The maximum Gasteiger partial charge on any atom is 0.145 e. The zero-order valence-electron chi connectivity index (χ0n) is 7.46. The van der Waals surface area contributed by atoms with Crippen LogP contribution in [0.3, 0.4) is 0 Å². The Morgan fingerprint density at radius 3 is 1.92 bits per heavy atom. The summed E-state index contributed by atoms with van der Waals surface area (Å²) in [6, 6.07) is 0. The van der Waals surface area contributed by atoms with E-state index in [0.29, 0.717) is 0 Å². The molecule has 0 nitrogen and oxygen atoms in total. The third-order valence-corrected chi connectivity index (χ3v) is 3.57. The van der Waals surface area contributed by atoms with Gasteiger partial charge in [0.15, 0.2) is 0 Å². The van der Waals surface area contributed by atoms with Gasteiger partial charge >= 0.3 is 0 Å². The minimum atomic E-state index is -1.53. The van der Waals surface area contributed by atoms with Gasteiger partial charge in [0.2, 0.25) is 0 Å². The number of hydrogen-bond donors (Lipinski definition) is 0. The fraction of sp³-hybridized carbons (Fsp3) is 0.429. The van der Waals surface area contributed by atoms with E-state index in [1.807, 2.05) is 0 Å². The van der Waals surface area contributed by atoms with Crippen LogP contribution in [0.25, 0.3) is 0 Å². The second kappa shape index (κ2) is 10.3. The van der Waals surface area contributed by atoms with E-state index in [-0.39, 0.29) is 63.4 Å². The maximum absolute atomic E-state index is 6.13. The molecule has 0 saturated carbocycles. The van der Waals surface area contributed by atoms with Crippen LogP contribution < -0.4 is 0 Å². The molecule has 1 aliphatic carbocycles. The molecule has 0 aromatic heterocycles. The quantitative estimate of drug-likeness (QED) is 0.379. The summed E-state index contributed by atoms with van der Waals surface area (Å²) in [7, 11) is -1.53. The van der Waals surface area contributed by atoms with E-state index in [2.05, 4.69) is 31.3 Å². The molecule has 13 heavy (non-hydrogen) atoms. The van der Waals surface area contributed by atoms with Crippen LogP contribution in [0, 0.1) is 6.08 Å². The molecule has 6 heteroatoms. The molecule has 1 aliphatic rings. The fourth-order valence-corrected chi connectivity index (χ4v) is 2.24. The van der Waals surface area contributed by atoms with Crippen LogP contribution in [0.1, 0.15) is 6.42 Å². The van der Waals surface area contributed by atoms with Gasteiger partial charge in [0.05, 0.1) is 0 Å². The van der Waals surface area contributed by atoms with Crippen molar-refractivity contribution in [1.82, 2.24) is 0 Å². The average molecular weight is 358 g/mol. The van der Waals surface area contributed by atoms with Crippen LogP contribution in [0.2, 0.25) is 13.1 Å². The van der Waals surface area contributed by atoms with Gasteiger partial charge in [-0.05, 0) is 0 Å². The van der Waals surface area contributed by atoms with Crippen molar-refractivity contribution in [2.24, 2.45) is 0 Å². The molecule has 0 amide bonds. The zero-order chi connectivity index (χ0) is 6.91. The minimum absolute atomic E-state index is 0. The van der Waals surface area contributed by atoms with Gasteiger partial charge in [-0.15, -0.1) is 43.6 Å². The van der Waals surface area contributed by atoms with Gasteiger partial charge in [-0.3, -0.25) is 6.08 Å². The van der Waals surface area contributed by atoms with E-state index in [4.69, 9.17) is 11.1 Å². The Morgan fingerprint density at radius 1 is 1.31 bits per heavy atom. The largest absolute Gasteiger partial charge is 0.272 e. The van der Waals surface area contributed by atoms with Crippen molar-refractivity contribution in [2.75, 3.05) is 0 Å². The second-order valence-electron chi connectivity index (χ2n) is 2.67. The van der Waals surface area contributed by atoms with Crippen LogP contribution in [0.15, 0.2) is 17.3 Å². The van der Waals surface area contributed by atoms with E-state index in [1.54, 1.807) is 0 Å². The van der Waals surface area contributed by atoms with Gasteiger partial charge in [0.25, 0.3) is 0 Å². The van der Waals surface area contributed by atoms with Gasteiger partial charge in [0.1, 0.15) is 7.38 Å².